The minimum Gasteiger partial charge on any atom is -0.478 e. The number of carboxylic acid groups (broad SMARTS) is 1. The highest BCUT2D eigenvalue weighted by Crippen LogP contribution is 2.37. The Bertz CT molecular complexity index is 1320. The molecule has 1 aliphatic heterocycles. The number of rotatable bonds is 6. The summed E-state index contributed by atoms with van der Waals surface area (Å²) in [4.78, 5) is 29.1. The van der Waals surface area contributed by atoms with Crippen molar-refractivity contribution in [2.75, 3.05) is 29.4 Å². The van der Waals surface area contributed by atoms with Crippen molar-refractivity contribution in [2.24, 2.45) is 5.41 Å². The Morgan fingerprint density at radius 2 is 1.80 bits per heavy atom. The topological polar surface area (TPSA) is 114 Å². The van der Waals surface area contributed by atoms with Crippen molar-refractivity contribution in [3.8, 4) is 0 Å². The Balaban J connectivity index is 1.89. The number of anilines is 3. The second kappa shape index (κ2) is 9.39. The molecule has 0 amide bonds. The summed E-state index contributed by atoms with van der Waals surface area (Å²) in [6.45, 7) is 10.2. The first-order chi connectivity index (χ1) is 16.5. The summed E-state index contributed by atoms with van der Waals surface area (Å²) in [7, 11) is -1.79. The lowest BCUT2D eigenvalue weighted by Gasteiger charge is -2.37. The van der Waals surface area contributed by atoms with Gasteiger partial charge in [-0.2, -0.15) is 0 Å². The molecule has 0 radical (unpaired) electrons. The number of hydrogen-bond donors (Lipinski definition) is 3. The van der Waals surface area contributed by atoms with E-state index in [1.807, 2.05) is 19.9 Å². The Kier molecular flexibility index (Phi) is 6.66. The fourth-order valence-corrected chi connectivity index (χ4v) is 4.65. The Hall–Kier alpha value is -3.30. The van der Waals surface area contributed by atoms with Crippen LogP contribution in [-0.4, -0.2) is 47.9 Å². The number of carbonyl (C=O) groups is 1. The van der Waals surface area contributed by atoms with Gasteiger partial charge >= 0.3 is 13.1 Å². The van der Waals surface area contributed by atoms with Crippen LogP contribution in [0.1, 0.15) is 49.5 Å². The van der Waals surface area contributed by atoms with E-state index in [2.05, 4.69) is 18.7 Å². The molecule has 1 saturated heterocycles. The van der Waals surface area contributed by atoms with E-state index in [0.717, 1.165) is 31.5 Å². The molecule has 184 valence electrons. The van der Waals surface area contributed by atoms with Gasteiger partial charge in [-0.05, 0) is 67.4 Å². The van der Waals surface area contributed by atoms with Crippen molar-refractivity contribution in [3.05, 3.63) is 57.7 Å². The van der Waals surface area contributed by atoms with Crippen molar-refractivity contribution in [2.45, 2.75) is 40.5 Å². The van der Waals surface area contributed by atoms with Crippen molar-refractivity contribution < 1.29 is 24.4 Å². The summed E-state index contributed by atoms with van der Waals surface area (Å²) < 4.78 is 6.36. The van der Waals surface area contributed by atoms with Gasteiger partial charge in [0.05, 0.1) is 22.3 Å². The van der Waals surface area contributed by atoms with Gasteiger partial charge in [0, 0.05) is 25.7 Å². The fourth-order valence-electron chi connectivity index (χ4n) is 4.65. The van der Waals surface area contributed by atoms with Crippen LogP contribution in [0.3, 0.4) is 0 Å². The second-order valence-corrected chi connectivity index (χ2v) is 9.96. The minimum absolute atomic E-state index is 0.0798. The molecule has 3 aromatic rings. The first-order valence-corrected chi connectivity index (χ1v) is 11.8. The van der Waals surface area contributed by atoms with E-state index < -0.39 is 13.1 Å². The molecule has 3 N–H and O–H groups in total. The van der Waals surface area contributed by atoms with E-state index in [9.17, 15) is 24.7 Å². The average Bonchev–Trinajstić information content (AvgIpc) is 2.80. The molecular formula is C26H31BN2O6. The largest absolute Gasteiger partial charge is 0.488 e. The SMILES string of the molecule is CCN(c1ccc(B(O)O)cc1C(=O)O)c1cc(C)cc2c(=O)cc(N3CCC(C)(C)CC3)oc12. The molecule has 0 unspecified atom stereocenters. The van der Waals surface area contributed by atoms with E-state index >= 15 is 0 Å². The van der Waals surface area contributed by atoms with Crippen LogP contribution in [0, 0.1) is 12.3 Å². The van der Waals surface area contributed by atoms with Gasteiger partial charge in [0.1, 0.15) is 0 Å². The van der Waals surface area contributed by atoms with E-state index in [1.165, 1.54) is 12.1 Å². The molecule has 0 saturated carbocycles. The first kappa shape index (κ1) is 24.8. The number of fused-ring (bicyclic) bond motifs is 1. The van der Waals surface area contributed by atoms with Crippen LogP contribution in [0.5, 0.6) is 0 Å². The summed E-state index contributed by atoms with van der Waals surface area (Å²) in [5, 5.41) is 29.3. The van der Waals surface area contributed by atoms with Crippen molar-refractivity contribution >= 4 is 46.8 Å². The molecule has 0 atom stereocenters. The van der Waals surface area contributed by atoms with Gasteiger partial charge in [-0.15, -0.1) is 0 Å². The lowest BCUT2D eigenvalue weighted by Crippen LogP contribution is -2.37. The van der Waals surface area contributed by atoms with E-state index in [1.54, 1.807) is 23.1 Å². The maximum Gasteiger partial charge on any atom is 0.488 e. The maximum absolute atomic E-state index is 13.2. The van der Waals surface area contributed by atoms with Crippen molar-refractivity contribution in [1.82, 2.24) is 0 Å². The lowest BCUT2D eigenvalue weighted by molar-refractivity contribution is 0.0697. The van der Waals surface area contributed by atoms with E-state index in [0.29, 0.717) is 34.8 Å². The summed E-state index contributed by atoms with van der Waals surface area (Å²) in [6.07, 6.45) is 1.98. The summed E-state index contributed by atoms with van der Waals surface area (Å²) in [6, 6.07) is 9.47. The molecule has 8 nitrogen and oxygen atoms in total. The molecule has 1 fully saturated rings. The number of benzene rings is 2. The first-order valence-electron chi connectivity index (χ1n) is 11.8. The zero-order chi connectivity index (χ0) is 25.5. The molecule has 2 aromatic carbocycles. The normalized spacial score (nSPS) is 15.3. The van der Waals surface area contributed by atoms with Gasteiger partial charge < -0.3 is 29.4 Å². The highest BCUT2D eigenvalue weighted by Gasteiger charge is 2.28. The quantitative estimate of drug-likeness (QED) is 0.463. The third-order valence-corrected chi connectivity index (χ3v) is 6.82. The number of aromatic carboxylic acids is 1. The molecule has 0 bridgehead atoms. The standard InChI is InChI=1S/C26H31BN2O6/c1-5-29(20-7-6-17(27(33)34)14-18(20)25(31)32)21-13-16(2)12-19-22(30)15-23(35-24(19)21)28-10-8-26(3,4)9-11-28/h6-7,12-15,33-34H,5,8-11H2,1-4H3,(H,31,32). The van der Waals surface area contributed by atoms with Crippen LogP contribution >= 0.6 is 0 Å². The van der Waals surface area contributed by atoms with E-state index in [4.69, 9.17) is 4.42 Å². The fraction of sp³-hybridized carbons (Fsp3) is 0.385. The molecule has 1 aliphatic rings. The molecule has 0 spiro atoms. The number of carboxylic acids is 1. The number of nitrogens with zero attached hydrogens (tertiary/aromatic N) is 2. The molecule has 9 heteroatoms. The van der Waals surface area contributed by atoms with E-state index in [-0.39, 0.29) is 21.9 Å². The maximum atomic E-state index is 13.2. The zero-order valence-electron chi connectivity index (χ0n) is 20.5. The Morgan fingerprint density at radius 1 is 1.11 bits per heavy atom. The molecular weight excluding hydrogens is 447 g/mol. The van der Waals surface area contributed by atoms with Gasteiger partial charge in [-0.25, -0.2) is 4.79 Å². The van der Waals surface area contributed by atoms with Crippen LogP contribution in [0.2, 0.25) is 0 Å². The molecule has 35 heavy (non-hydrogen) atoms. The predicted molar refractivity (Wildman–Crippen MR) is 138 cm³/mol. The van der Waals surface area contributed by atoms with Crippen LogP contribution in [0.25, 0.3) is 11.0 Å². The van der Waals surface area contributed by atoms with Crippen molar-refractivity contribution in [1.29, 1.82) is 0 Å². The van der Waals surface area contributed by atoms with Gasteiger partial charge in [0.25, 0.3) is 0 Å². The highest BCUT2D eigenvalue weighted by molar-refractivity contribution is 6.58. The van der Waals surface area contributed by atoms with Crippen LogP contribution in [0.4, 0.5) is 17.3 Å². The monoisotopic (exact) mass is 478 g/mol. The summed E-state index contributed by atoms with van der Waals surface area (Å²) in [5.41, 5.74) is 2.28. The molecule has 0 aliphatic carbocycles. The Morgan fingerprint density at radius 3 is 2.40 bits per heavy atom. The lowest BCUT2D eigenvalue weighted by atomic mass is 9.79. The van der Waals surface area contributed by atoms with Gasteiger partial charge in [0.2, 0.25) is 0 Å². The third-order valence-electron chi connectivity index (χ3n) is 6.82. The van der Waals surface area contributed by atoms with Gasteiger partial charge in [-0.3, -0.25) is 4.79 Å². The average molecular weight is 478 g/mol. The smallest absolute Gasteiger partial charge is 0.478 e. The molecule has 4 rings (SSSR count). The van der Waals surface area contributed by atoms with Gasteiger partial charge in [-0.1, -0.05) is 19.9 Å². The molecule has 2 heterocycles. The third kappa shape index (κ3) is 4.92. The van der Waals surface area contributed by atoms with Gasteiger partial charge in [0.15, 0.2) is 16.9 Å². The zero-order valence-corrected chi connectivity index (χ0v) is 20.5. The second-order valence-electron chi connectivity index (χ2n) is 9.96. The predicted octanol–water partition coefficient (Wildman–Crippen LogP) is 3.26. The summed E-state index contributed by atoms with van der Waals surface area (Å²) in [5.74, 6) is -0.688. The number of aryl methyl sites for hydroxylation is 1. The van der Waals surface area contributed by atoms with Crippen LogP contribution in [0.15, 0.2) is 45.6 Å². The summed E-state index contributed by atoms with van der Waals surface area (Å²) >= 11 is 0. The van der Waals surface area contributed by atoms with Crippen LogP contribution in [-0.2, 0) is 0 Å². The number of piperidine rings is 1. The highest BCUT2D eigenvalue weighted by atomic mass is 16.4. The van der Waals surface area contributed by atoms with Crippen LogP contribution < -0.4 is 20.7 Å². The number of hydrogen-bond acceptors (Lipinski definition) is 7. The molecule has 1 aromatic heterocycles. The minimum atomic E-state index is -1.79. The van der Waals surface area contributed by atoms with Crippen molar-refractivity contribution in [3.63, 3.8) is 0 Å². The Labute approximate surface area is 204 Å².